The van der Waals surface area contributed by atoms with Gasteiger partial charge in [-0.25, -0.2) is 4.52 Å². The van der Waals surface area contributed by atoms with Crippen LogP contribution in [0.1, 0.15) is 0 Å². The molecule has 17 heavy (non-hydrogen) atoms. The maximum atomic E-state index is 9.60. The monoisotopic (exact) mass is 296 g/mol. The summed E-state index contributed by atoms with van der Waals surface area (Å²) < 4.78 is 3.70. The fraction of sp³-hybridized carbons (Fsp3) is 0.250. The Kier molecular flexibility index (Phi) is 3.41. The Balaban J connectivity index is 2.52. The molecule has 88 valence electrons. The third-order valence-electron chi connectivity index (χ3n) is 2.34. The molecule has 2 N–H and O–H groups in total. The molecule has 0 atom stereocenters. The summed E-state index contributed by atoms with van der Waals surface area (Å²) in [6, 6.07) is 3.67. The maximum Gasteiger partial charge on any atom is 0.400 e. The quantitative estimate of drug-likeness (QED) is 0.808. The van der Waals surface area contributed by atoms with Crippen molar-refractivity contribution in [2.75, 3.05) is 4.72 Å². The molecule has 0 saturated carbocycles. The molecule has 0 saturated heterocycles. The normalized spacial score (nSPS) is 10.6. The van der Waals surface area contributed by atoms with Crippen LogP contribution in [-0.2, 0) is 0 Å². The second-order valence-electron chi connectivity index (χ2n) is 3.71. The number of aromatic nitrogens is 3. The van der Waals surface area contributed by atoms with Crippen LogP contribution < -0.4 is 4.72 Å². The molecule has 0 aromatic carbocycles. The summed E-state index contributed by atoms with van der Waals surface area (Å²) >= 11 is 3.37. The number of hydrogen-bond acceptors (Lipinski definition) is 5. The zero-order valence-corrected chi connectivity index (χ0v) is 11.0. The van der Waals surface area contributed by atoms with Gasteiger partial charge in [0.15, 0.2) is 5.65 Å². The average molecular weight is 297 g/mol. The van der Waals surface area contributed by atoms with Gasteiger partial charge in [0, 0.05) is 6.20 Å². The highest BCUT2D eigenvalue weighted by Crippen LogP contribution is 2.19. The summed E-state index contributed by atoms with van der Waals surface area (Å²) in [7, 11) is -1.74. The molecule has 0 fully saturated rings. The highest BCUT2D eigenvalue weighted by Gasteiger charge is 2.28. The predicted molar refractivity (Wildman–Crippen MR) is 70.8 cm³/mol. The minimum atomic E-state index is -0.869. The molecule has 0 unspecified atom stereocenters. The van der Waals surface area contributed by atoms with Crippen LogP contribution in [0, 0.1) is 0 Å². The van der Waals surface area contributed by atoms with Crippen molar-refractivity contribution in [3.63, 3.8) is 0 Å². The van der Waals surface area contributed by atoms with Crippen molar-refractivity contribution in [3.05, 3.63) is 22.8 Å². The lowest BCUT2D eigenvalue weighted by atomic mass is 9.70. The molecular formula is C8H11B2BrN4O2. The highest BCUT2D eigenvalue weighted by molar-refractivity contribution is 9.10. The zero-order valence-electron chi connectivity index (χ0n) is 9.45. The van der Waals surface area contributed by atoms with Gasteiger partial charge in [-0.05, 0) is 41.7 Å². The van der Waals surface area contributed by atoms with Crippen LogP contribution in [0.15, 0.2) is 22.8 Å². The number of pyridine rings is 1. The average Bonchev–Trinajstić information content (AvgIpc) is 2.61. The molecule has 0 amide bonds. The first kappa shape index (κ1) is 12.4. The molecule has 0 aliphatic carbocycles. The summed E-state index contributed by atoms with van der Waals surface area (Å²) in [5.74, 6) is 0.280. The van der Waals surface area contributed by atoms with Gasteiger partial charge in [-0.2, -0.15) is 4.98 Å². The molecule has 2 aromatic heterocycles. The number of hydrogen-bond donors (Lipinski definition) is 2. The fourth-order valence-electron chi connectivity index (χ4n) is 1.62. The Morgan fingerprint density at radius 1 is 1.35 bits per heavy atom. The van der Waals surface area contributed by atoms with Crippen molar-refractivity contribution in [3.8, 4) is 0 Å². The smallest absolute Gasteiger partial charge is 0.400 e. The van der Waals surface area contributed by atoms with Crippen LogP contribution in [0.3, 0.4) is 0 Å². The number of fused-ring (bicyclic) bond motifs is 1. The summed E-state index contributed by atoms with van der Waals surface area (Å²) in [5.41, 5.74) is 0.633. The number of anilines is 1. The highest BCUT2D eigenvalue weighted by atomic mass is 79.9. The van der Waals surface area contributed by atoms with Crippen LogP contribution in [0.4, 0.5) is 5.95 Å². The van der Waals surface area contributed by atoms with Crippen molar-refractivity contribution in [1.29, 1.82) is 0 Å². The summed E-state index contributed by atoms with van der Waals surface area (Å²) in [6.45, 7) is 3.10. The van der Waals surface area contributed by atoms with Crippen molar-refractivity contribution < 1.29 is 10.0 Å². The van der Waals surface area contributed by atoms with Crippen LogP contribution in [0.25, 0.3) is 5.65 Å². The molecular weight excluding hydrogens is 286 g/mol. The molecule has 0 bridgehead atoms. The van der Waals surface area contributed by atoms with Crippen LogP contribution >= 0.6 is 15.9 Å². The van der Waals surface area contributed by atoms with Crippen molar-refractivity contribution in [1.82, 2.24) is 14.6 Å². The second-order valence-corrected chi connectivity index (χ2v) is 4.56. The maximum absolute atomic E-state index is 9.60. The molecule has 6 nitrogen and oxygen atoms in total. The third-order valence-corrected chi connectivity index (χ3v) is 2.96. The Labute approximate surface area is 108 Å². The lowest BCUT2D eigenvalue weighted by Gasteiger charge is -2.22. The van der Waals surface area contributed by atoms with Gasteiger partial charge in [-0.1, -0.05) is 0 Å². The van der Waals surface area contributed by atoms with E-state index in [-0.39, 0.29) is 5.95 Å². The number of halogens is 1. The minimum absolute atomic E-state index is 0.280. The van der Waals surface area contributed by atoms with Gasteiger partial charge in [0.2, 0.25) is 5.95 Å². The molecule has 2 rings (SSSR count). The Morgan fingerprint density at radius 3 is 2.53 bits per heavy atom. The fourth-order valence-corrected chi connectivity index (χ4v) is 2.04. The third kappa shape index (κ3) is 2.31. The van der Waals surface area contributed by atoms with Gasteiger partial charge in [-0.3, -0.25) is 0 Å². The van der Waals surface area contributed by atoms with E-state index in [9.17, 15) is 10.0 Å². The Bertz CT molecular complexity index is 525. The standard InChI is InChI=1S/C8H11B2BrN4O2/c1-9(16)15(10(2)17)8-12-7-6(11)4-3-5-14(7)13-8/h3-5,16-17H,1-2H3. The van der Waals surface area contributed by atoms with Crippen LogP contribution in [-0.4, -0.2) is 38.7 Å². The Morgan fingerprint density at radius 2 is 2.00 bits per heavy atom. The van der Waals surface area contributed by atoms with E-state index >= 15 is 0 Å². The van der Waals surface area contributed by atoms with E-state index < -0.39 is 14.1 Å². The summed E-state index contributed by atoms with van der Waals surface area (Å²) in [6.07, 6.45) is 1.75. The molecule has 0 aliphatic rings. The summed E-state index contributed by atoms with van der Waals surface area (Å²) in [5, 5.41) is 23.4. The van der Waals surface area contributed by atoms with Gasteiger partial charge < -0.3 is 14.8 Å². The SMILES string of the molecule is CB(O)N(B(C)O)c1nc2c(Br)cccn2n1. The second kappa shape index (κ2) is 4.67. The lowest BCUT2D eigenvalue weighted by Crippen LogP contribution is -2.47. The van der Waals surface area contributed by atoms with Crippen molar-refractivity contribution >= 4 is 41.6 Å². The van der Waals surface area contributed by atoms with Crippen molar-refractivity contribution in [2.24, 2.45) is 0 Å². The van der Waals surface area contributed by atoms with E-state index in [0.29, 0.717) is 5.65 Å². The minimum Gasteiger partial charge on any atom is -0.433 e. The van der Waals surface area contributed by atoms with Gasteiger partial charge >= 0.3 is 14.1 Å². The largest absolute Gasteiger partial charge is 0.433 e. The van der Waals surface area contributed by atoms with Gasteiger partial charge in [-0.15, -0.1) is 5.10 Å². The molecule has 0 aliphatic heterocycles. The molecule has 2 aromatic rings. The van der Waals surface area contributed by atoms with Gasteiger partial charge in [0.05, 0.1) is 4.47 Å². The topological polar surface area (TPSA) is 73.9 Å². The first-order chi connectivity index (χ1) is 8.00. The van der Waals surface area contributed by atoms with E-state index in [1.54, 1.807) is 24.4 Å². The molecule has 0 spiro atoms. The van der Waals surface area contributed by atoms with E-state index in [4.69, 9.17) is 0 Å². The van der Waals surface area contributed by atoms with Crippen molar-refractivity contribution in [2.45, 2.75) is 13.6 Å². The molecule has 9 heteroatoms. The van der Waals surface area contributed by atoms with Gasteiger partial charge in [0.1, 0.15) is 0 Å². The Hall–Kier alpha value is -1.05. The number of rotatable bonds is 3. The lowest BCUT2D eigenvalue weighted by molar-refractivity contribution is 0.553. The van der Waals surface area contributed by atoms with E-state index in [2.05, 4.69) is 26.0 Å². The molecule has 0 radical (unpaired) electrons. The van der Waals surface area contributed by atoms with Gasteiger partial charge in [0.25, 0.3) is 0 Å². The summed E-state index contributed by atoms with van der Waals surface area (Å²) in [4.78, 5) is 4.27. The first-order valence-electron chi connectivity index (χ1n) is 5.16. The van der Waals surface area contributed by atoms with E-state index in [0.717, 1.165) is 4.47 Å². The number of nitrogens with zero attached hydrogens (tertiary/aromatic N) is 4. The predicted octanol–water partition coefficient (Wildman–Crippen LogP) is 0.519. The van der Waals surface area contributed by atoms with Crippen LogP contribution in [0.2, 0.25) is 13.6 Å². The molecule has 2 heterocycles. The zero-order chi connectivity index (χ0) is 12.6. The van der Waals surface area contributed by atoms with E-state index in [1.807, 2.05) is 12.1 Å². The van der Waals surface area contributed by atoms with Crippen LogP contribution in [0.5, 0.6) is 0 Å². The van der Waals surface area contributed by atoms with E-state index in [1.165, 1.54) is 4.72 Å². The first-order valence-corrected chi connectivity index (χ1v) is 5.95.